The summed E-state index contributed by atoms with van der Waals surface area (Å²) in [4.78, 5) is 0. The van der Waals surface area contributed by atoms with E-state index in [1.54, 1.807) is 0 Å². The summed E-state index contributed by atoms with van der Waals surface area (Å²) in [6.45, 7) is 7.25. The van der Waals surface area contributed by atoms with Gasteiger partial charge < -0.3 is 4.74 Å². The van der Waals surface area contributed by atoms with Crippen LogP contribution in [0.2, 0.25) is 0 Å². The second-order valence-electron chi connectivity index (χ2n) is 2.51. The van der Waals surface area contributed by atoms with E-state index in [0.717, 1.165) is 11.9 Å². The molecule has 0 spiro atoms. The van der Waals surface area contributed by atoms with Crippen LogP contribution in [-0.2, 0) is 4.74 Å². The fourth-order valence-electron chi connectivity index (χ4n) is 0.423. The topological polar surface area (TPSA) is 9.23 Å². The van der Waals surface area contributed by atoms with Gasteiger partial charge in [-0.2, -0.15) is 0 Å². The molecule has 0 aliphatic heterocycles. The number of ether oxygens (including phenoxy) is 1. The Balaban J connectivity index is 3.16. The third-order valence-corrected chi connectivity index (χ3v) is 1.72. The molecule has 56 valence electrons. The van der Waals surface area contributed by atoms with Crippen LogP contribution in [0.1, 0.15) is 20.8 Å². The molecule has 0 aromatic rings. The zero-order valence-corrected chi connectivity index (χ0v) is 7.94. The van der Waals surface area contributed by atoms with Crippen LogP contribution in [0.3, 0.4) is 0 Å². The highest BCUT2D eigenvalue weighted by atomic mass is 79.9. The Kier molecular flexibility index (Phi) is 5.50. The molecule has 0 aromatic carbocycles. The van der Waals surface area contributed by atoms with Crippen molar-refractivity contribution in [2.75, 3.05) is 11.9 Å². The van der Waals surface area contributed by atoms with Gasteiger partial charge in [-0.3, -0.25) is 0 Å². The van der Waals surface area contributed by atoms with E-state index in [-0.39, 0.29) is 0 Å². The monoisotopic (exact) mass is 194 g/mol. The van der Waals surface area contributed by atoms with Crippen LogP contribution in [0, 0.1) is 5.92 Å². The fraction of sp³-hybridized carbons (Fsp3) is 1.00. The molecule has 0 rings (SSSR count). The minimum atomic E-state index is 0.391. The van der Waals surface area contributed by atoms with E-state index < -0.39 is 0 Å². The Morgan fingerprint density at radius 3 is 2.22 bits per heavy atom. The summed E-state index contributed by atoms with van der Waals surface area (Å²) in [7, 11) is 0. The summed E-state index contributed by atoms with van der Waals surface area (Å²) in [6.07, 6.45) is 0.391. The zero-order valence-electron chi connectivity index (χ0n) is 6.36. The van der Waals surface area contributed by atoms with Gasteiger partial charge in [-0.15, -0.1) is 0 Å². The van der Waals surface area contributed by atoms with E-state index in [9.17, 15) is 0 Å². The van der Waals surface area contributed by atoms with E-state index in [0.29, 0.717) is 12.0 Å². The Morgan fingerprint density at radius 1 is 1.33 bits per heavy atom. The highest BCUT2D eigenvalue weighted by Gasteiger charge is 2.04. The van der Waals surface area contributed by atoms with Crippen molar-refractivity contribution < 1.29 is 4.74 Å². The van der Waals surface area contributed by atoms with Crippen molar-refractivity contribution in [1.29, 1.82) is 0 Å². The number of halogens is 1. The molecule has 0 saturated carbocycles. The van der Waals surface area contributed by atoms with Crippen LogP contribution >= 0.6 is 15.9 Å². The maximum atomic E-state index is 5.41. The van der Waals surface area contributed by atoms with Crippen molar-refractivity contribution in [3.63, 3.8) is 0 Å². The molecule has 0 aliphatic carbocycles. The molecule has 0 saturated heterocycles. The highest BCUT2D eigenvalue weighted by molar-refractivity contribution is 9.09. The summed E-state index contributed by atoms with van der Waals surface area (Å²) in [5.41, 5.74) is 0. The van der Waals surface area contributed by atoms with Crippen molar-refractivity contribution in [2.45, 2.75) is 26.9 Å². The van der Waals surface area contributed by atoms with E-state index in [1.165, 1.54) is 0 Å². The van der Waals surface area contributed by atoms with Crippen molar-refractivity contribution in [1.82, 2.24) is 0 Å². The van der Waals surface area contributed by atoms with Crippen LogP contribution in [-0.4, -0.2) is 18.0 Å². The standard InChI is InChI=1S/C7H15BrO/c1-6(2)7(3)9-5-4-8/h6-7H,4-5H2,1-3H3. The number of rotatable bonds is 4. The predicted octanol–water partition coefficient (Wildman–Crippen LogP) is 2.44. The minimum absolute atomic E-state index is 0.391. The van der Waals surface area contributed by atoms with Crippen LogP contribution in [0.15, 0.2) is 0 Å². The van der Waals surface area contributed by atoms with Crippen LogP contribution < -0.4 is 0 Å². The largest absolute Gasteiger partial charge is 0.377 e. The first-order chi connectivity index (χ1) is 4.18. The smallest absolute Gasteiger partial charge is 0.0570 e. The highest BCUT2D eigenvalue weighted by Crippen LogP contribution is 2.04. The van der Waals surface area contributed by atoms with Gasteiger partial charge in [0.15, 0.2) is 0 Å². The van der Waals surface area contributed by atoms with Crippen LogP contribution in [0.5, 0.6) is 0 Å². The Bertz CT molecular complexity index is 63.9. The Morgan fingerprint density at radius 2 is 1.89 bits per heavy atom. The number of alkyl halides is 1. The van der Waals surface area contributed by atoms with Crippen LogP contribution in [0.4, 0.5) is 0 Å². The lowest BCUT2D eigenvalue weighted by atomic mass is 10.1. The summed E-state index contributed by atoms with van der Waals surface area (Å²) < 4.78 is 5.41. The summed E-state index contributed by atoms with van der Waals surface area (Å²) in [5, 5.41) is 0.935. The Hall–Kier alpha value is 0.440. The molecule has 1 atom stereocenters. The fourth-order valence-corrected chi connectivity index (χ4v) is 0.610. The summed E-state index contributed by atoms with van der Waals surface area (Å²) >= 11 is 3.30. The number of hydrogen-bond donors (Lipinski definition) is 0. The van der Waals surface area contributed by atoms with Gasteiger partial charge in [-0.25, -0.2) is 0 Å². The molecule has 0 N–H and O–H groups in total. The van der Waals surface area contributed by atoms with Crippen molar-refractivity contribution >= 4 is 15.9 Å². The Labute approximate surface area is 65.9 Å². The molecule has 0 heterocycles. The second kappa shape index (κ2) is 5.24. The van der Waals surface area contributed by atoms with Crippen LogP contribution in [0.25, 0.3) is 0 Å². The van der Waals surface area contributed by atoms with Crippen molar-refractivity contribution in [3.8, 4) is 0 Å². The average molecular weight is 195 g/mol. The lowest BCUT2D eigenvalue weighted by molar-refractivity contribution is 0.0465. The van der Waals surface area contributed by atoms with Gasteiger partial charge in [-0.1, -0.05) is 29.8 Å². The maximum Gasteiger partial charge on any atom is 0.0570 e. The molecule has 9 heavy (non-hydrogen) atoms. The van der Waals surface area contributed by atoms with Gasteiger partial charge in [0.05, 0.1) is 12.7 Å². The summed E-state index contributed by atoms with van der Waals surface area (Å²) in [5.74, 6) is 0.629. The maximum absolute atomic E-state index is 5.41. The predicted molar refractivity (Wildman–Crippen MR) is 44.0 cm³/mol. The molecule has 0 radical (unpaired) electrons. The van der Waals surface area contributed by atoms with Gasteiger partial charge in [0, 0.05) is 5.33 Å². The molecule has 1 nitrogen and oxygen atoms in total. The average Bonchev–Trinajstić information content (AvgIpc) is 1.82. The SMILES string of the molecule is CC(C)C(C)OCCBr. The van der Waals surface area contributed by atoms with Gasteiger partial charge in [0.2, 0.25) is 0 Å². The van der Waals surface area contributed by atoms with Gasteiger partial charge in [0.1, 0.15) is 0 Å². The van der Waals surface area contributed by atoms with Gasteiger partial charge in [-0.05, 0) is 12.8 Å². The molecule has 2 heteroatoms. The third kappa shape index (κ3) is 4.91. The van der Waals surface area contributed by atoms with Crippen molar-refractivity contribution in [3.05, 3.63) is 0 Å². The molecule has 1 unspecified atom stereocenters. The molecular formula is C7H15BrO. The first-order valence-electron chi connectivity index (χ1n) is 3.36. The van der Waals surface area contributed by atoms with E-state index in [1.807, 2.05) is 0 Å². The second-order valence-corrected chi connectivity index (χ2v) is 3.30. The molecule has 0 amide bonds. The molecule has 0 fully saturated rings. The van der Waals surface area contributed by atoms with Gasteiger partial charge >= 0.3 is 0 Å². The normalized spacial score (nSPS) is 14.3. The quantitative estimate of drug-likeness (QED) is 0.626. The number of hydrogen-bond acceptors (Lipinski definition) is 1. The van der Waals surface area contributed by atoms with Crippen molar-refractivity contribution in [2.24, 2.45) is 5.92 Å². The lowest BCUT2D eigenvalue weighted by Gasteiger charge is -2.15. The zero-order chi connectivity index (χ0) is 7.28. The van der Waals surface area contributed by atoms with E-state index in [2.05, 4.69) is 36.7 Å². The lowest BCUT2D eigenvalue weighted by Crippen LogP contribution is -2.16. The minimum Gasteiger partial charge on any atom is -0.377 e. The molecule has 0 bridgehead atoms. The molecule has 0 aromatic heterocycles. The molecular weight excluding hydrogens is 180 g/mol. The first kappa shape index (κ1) is 9.44. The molecule has 0 aliphatic rings. The first-order valence-corrected chi connectivity index (χ1v) is 4.48. The van der Waals surface area contributed by atoms with E-state index >= 15 is 0 Å². The van der Waals surface area contributed by atoms with E-state index in [4.69, 9.17) is 4.74 Å². The summed E-state index contributed by atoms with van der Waals surface area (Å²) in [6, 6.07) is 0. The third-order valence-electron chi connectivity index (χ3n) is 1.40. The van der Waals surface area contributed by atoms with Gasteiger partial charge in [0.25, 0.3) is 0 Å².